The fourth-order valence-electron chi connectivity index (χ4n) is 1.77. The van der Waals surface area contributed by atoms with Crippen LogP contribution in [0, 0.1) is 3.57 Å². The molecule has 4 nitrogen and oxygen atoms in total. The Labute approximate surface area is 113 Å². The molecule has 5 heteroatoms. The molecule has 0 saturated heterocycles. The molecule has 17 heavy (non-hydrogen) atoms. The normalized spacial score (nSPS) is 11.2. The van der Waals surface area contributed by atoms with Crippen molar-refractivity contribution in [3.8, 4) is 0 Å². The van der Waals surface area contributed by atoms with Gasteiger partial charge in [0.05, 0.1) is 5.52 Å². The molecular formula is C12H14INO3. The van der Waals surface area contributed by atoms with E-state index >= 15 is 0 Å². The van der Waals surface area contributed by atoms with Gasteiger partial charge in [-0.1, -0.05) is 0 Å². The number of hydrogen-bond acceptors (Lipinski definition) is 3. The fraction of sp³-hybridized carbons (Fsp3) is 0.417. The van der Waals surface area contributed by atoms with E-state index in [1.54, 1.807) is 11.7 Å². The van der Waals surface area contributed by atoms with Crippen LogP contribution in [0.15, 0.2) is 27.4 Å². The molecule has 0 radical (unpaired) electrons. The fourth-order valence-corrected chi connectivity index (χ4v) is 2.23. The van der Waals surface area contributed by atoms with Crippen molar-refractivity contribution in [2.24, 2.45) is 0 Å². The first-order chi connectivity index (χ1) is 8.22. The molecule has 0 aliphatic heterocycles. The zero-order valence-corrected chi connectivity index (χ0v) is 11.8. The number of oxazole rings is 1. The van der Waals surface area contributed by atoms with Gasteiger partial charge >= 0.3 is 5.76 Å². The second-order valence-electron chi connectivity index (χ2n) is 3.83. The first-order valence-electron chi connectivity index (χ1n) is 5.50. The quantitative estimate of drug-likeness (QED) is 0.617. The third-order valence-corrected chi connectivity index (χ3v) is 3.28. The Bertz CT molecular complexity index is 558. The van der Waals surface area contributed by atoms with E-state index in [1.165, 1.54) is 0 Å². The lowest BCUT2D eigenvalue weighted by Crippen LogP contribution is -2.14. The number of unbranched alkanes of at least 4 members (excludes halogenated alkanes) is 1. The number of aromatic nitrogens is 1. The second kappa shape index (κ2) is 5.68. The monoisotopic (exact) mass is 347 g/mol. The van der Waals surface area contributed by atoms with Gasteiger partial charge in [0.1, 0.15) is 0 Å². The molecule has 1 heterocycles. The van der Waals surface area contributed by atoms with Crippen molar-refractivity contribution in [1.82, 2.24) is 4.57 Å². The molecule has 0 bridgehead atoms. The summed E-state index contributed by atoms with van der Waals surface area (Å²) in [5.41, 5.74) is 1.53. The van der Waals surface area contributed by atoms with Gasteiger partial charge in [-0.3, -0.25) is 4.57 Å². The first kappa shape index (κ1) is 12.6. The Morgan fingerprint density at radius 2 is 2.24 bits per heavy atom. The van der Waals surface area contributed by atoms with Crippen LogP contribution in [0.4, 0.5) is 0 Å². The number of nitrogens with zero attached hydrogens (tertiary/aromatic N) is 1. The van der Waals surface area contributed by atoms with Gasteiger partial charge < -0.3 is 9.15 Å². The summed E-state index contributed by atoms with van der Waals surface area (Å²) in [6.07, 6.45) is 1.86. The van der Waals surface area contributed by atoms with Crippen LogP contribution in [0.3, 0.4) is 0 Å². The maximum Gasteiger partial charge on any atom is 0.419 e. The number of ether oxygens (including phenoxy) is 1. The molecule has 2 rings (SSSR count). The number of benzene rings is 1. The standard InChI is InChI=1S/C12H14INO3/c1-16-7-3-2-6-14-10-5-4-9(13)8-11(10)17-12(14)15/h4-5,8H,2-3,6-7H2,1H3. The summed E-state index contributed by atoms with van der Waals surface area (Å²) in [5, 5.41) is 0. The highest BCUT2D eigenvalue weighted by Crippen LogP contribution is 2.16. The van der Waals surface area contributed by atoms with E-state index in [9.17, 15) is 4.79 Å². The lowest BCUT2D eigenvalue weighted by atomic mass is 10.3. The number of aryl methyl sites for hydroxylation is 1. The van der Waals surface area contributed by atoms with Crippen LogP contribution in [0.25, 0.3) is 11.1 Å². The Kier molecular flexibility index (Phi) is 4.22. The van der Waals surface area contributed by atoms with Crippen molar-refractivity contribution < 1.29 is 9.15 Å². The molecule has 1 aromatic carbocycles. The molecule has 92 valence electrons. The topological polar surface area (TPSA) is 44.4 Å². The molecule has 0 spiro atoms. The Balaban J connectivity index is 2.21. The Morgan fingerprint density at radius 1 is 1.41 bits per heavy atom. The second-order valence-corrected chi connectivity index (χ2v) is 5.08. The molecule has 0 N–H and O–H groups in total. The maximum atomic E-state index is 11.7. The molecule has 0 aliphatic carbocycles. The van der Waals surface area contributed by atoms with E-state index in [0.29, 0.717) is 12.1 Å². The lowest BCUT2D eigenvalue weighted by Gasteiger charge is -2.01. The van der Waals surface area contributed by atoms with Crippen molar-refractivity contribution in [3.05, 3.63) is 32.3 Å². The highest BCUT2D eigenvalue weighted by molar-refractivity contribution is 14.1. The van der Waals surface area contributed by atoms with Crippen molar-refractivity contribution in [2.75, 3.05) is 13.7 Å². The molecule has 0 unspecified atom stereocenters. The van der Waals surface area contributed by atoms with Crippen LogP contribution < -0.4 is 5.76 Å². The van der Waals surface area contributed by atoms with Crippen molar-refractivity contribution in [1.29, 1.82) is 0 Å². The predicted molar refractivity (Wildman–Crippen MR) is 74.3 cm³/mol. The van der Waals surface area contributed by atoms with Gasteiger partial charge in [-0.2, -0.15) is 0 Å². The minimum Gasteiger partial charge on any atom is -0.408 e. The number of rotatable bonds is 5. The average molecular weight is 347 g/mol. The van der Waals surface area contributed by atoms with Gasteiger partial charge in [0, 0.05) is 23.8 Å². The van der Waals surface area contributed by atoms with Crippen molar-refractivity contribution in [2.45, 2.75) is 19.4 Å². The van der Waals surface area contributed by atoms with E-state index in [-0.39, 0.29) is 5.76 Å². The average Bonchev–Trinajstić information content (AvgIpc) is 2.60. The van der Waals surface area contributed by atoms with Gasteiger partial charge in [-0.25, -0.2) is 4.79 Å². The molecule has 0 amide bonds. The van der Waals surface area contributed by atoms with E-state index in [2.05, 4.69) is 22.6 Å². The summed E-state index contributed by atoms with van der Waals surface area (Å²) in [4.78, 5) is 11.7. The van der Waals surface area contributed by atoms with Crippen LogP contribution in [-0.4, -0.2) is 18.3 Å². The van der Waals surface area contributed by atoms with Crippen LogP contribution in [0.2, 0.25) is 0 Å². The smallest absolute Gasteiger partial charge is 0.408 e. The van der Waals surface area contributed by atoms with E-state index in [0.717, 1.165) is 28.5 Å². The van der Waals surface area contributed by atoms with Crippen molar-refractivity contribution >= 4 is 33.7 Å². The number of hydrogen-bond donors (Lipinski definition) is 0. The molecule has 2 aromatic rings. The van der Waals surface area contributed by atoms with Crippen LogP contribution >= 0.6 is 22.6 Å². The molecular weight excluding hydrogens is 333 g/mol. The molecule has 0 saturated carbocycles. The van der Waals surface area contributed by atoms with Gasteiger partial charge in [0.25, 0.3) is 0 Å². The molecule has 1 aromatic heterocycles. The summed E-state index contributed by atoms with van der Waals surface area (Å²) in [6, 6.07) is 5.78. The van der Waals surface area contributed by atoms with E-state index < -0.39 is 0 Å². The summed E-state index contributed by atoms with van der Waals surface area (Å²) >= 11 is 2.20. The SMILES string of the molecule is COCCCCn1c(=O)oc2cc(I)ccc21. The summed E-state index contributed by atoms with van der Waals surface area (Å²) in [6.45, 7) is 1.40. The van der Waals surface area contributed by atoms with Crippen LogP contribution in [0.1, 0.15) is 12.8 Å². The highest BCUT2D eigenvalue weighted by Gasteiger charge is 2.08. The zero-order valence-electron chi connectivity index (χ0n) is 9.61. The Hall–Kier alpha value is -0.820. The maximum absolute atomic E-state index is 11.7. The highest BCUT2D eigenvalue weighted by atomic mass is 127. The predicted octanol–water partition coefficient (Wildman–Crippen LogP) is 2.63. The zero-order chi connectivity index (χ0) is 12.3. The summed E-state index contributed by atoms with van der Waals surface area (Å²) < 4.78 is 12.9. The summed E-state index contributed by atoms with van der Waals surface area (Å²) in [7, 11) is 1.68. The van der Waals surface area contributed by atoms with Gasteiger partial charge in [0.2, 0.25) is 0 Å². The molecule has 0 aliphatic rings. The lowest BCUT2D eigenvalue weighted by molar-refractivity contribution is 0.191. The minimum absolute atomic E-state index is 0.278. The Morgan fingerprint density at radius 3 is 3.00 bits per heavy atom. The number of fused-ring (bicyclic) bond motifs is 1. The number of halogens is 1. The number of methoxy groups -OCH3 is 1. The van der Waals surface area contributed by atoms with E-state index in [1.807, 2.05) is 18.2 Å². The van der Waals surface area contributed by atoms with E-state index in [4.69, 9.17) is 9.15 Å². The molecule has 0 atom stereocenters. The van der Waals surface area contributed by atoms with Gasteiger partial charge in [-0.05, 0) is 53.6 Å². The van der Waals surface area contributed by atoms with Crippen LogP contribution in [-0.2, 0) is 11.3 Å². The van der Waals surface area contributed by atoms with Crippen molar-refractivity contribution in [3.63, 3.8) is 0 Å². The minimum atomic E-state index is -0.278. The van der Waals surface area contributed by atoms with Gasteiger partial charge in [0.15, 0.2) is 5.58 Å². The van der Waals surface area contributed by atoms with Gasteiger partial charge in [-0.15, -0.1) is 0 Å². The third-order valence-electron chi connectivity index (χ3n) is 2.61. The first-order valence-corrected chi connectivity index (χ1v) is 6.58. The van der Waals surface area contributed by atoms with Crippen LogP contribution in [0.5, 0.6) is 0 Å². The summed E-state index contributed by atoms with van der Waals surface area (Å²) in [5.74, 6) is -0.278. The third kappa shape index (κ3) is 2.90. The molecule has 0 fully saturated rings. The largest absolute Gasteiger partial charge is 0.419 e.